The van der Waals surface area contributed by atoms with Crippen molar-refractivity contribution in [3.8, 4) is 0 Å². The number of rotatable bonds is 2. The maximum atomic E-state index is 4.78. The van der Waals surface area contributed by atoms with Crippen molar-refractivity contribution in [2.24, 2.45) is 0 Å². The fourth-order valence-corrected chi connectivity index (χ4v) is 2.89. The zero-order valence-electron chi connectivity index (χ0n) is 10.5. The van der Waals surface area contributed by atoms with Crippen LogP contribution in [0, 0.1) is 6.92 Å². The number of fused-ring (bicyclic) bond motifs is 1. The zero-order chi connectivity index (χ0) is 11.8. The number of nitrogens with zero attached hydrogens (tertiary/aromatic N) is 2. The summed E-state index contributed by atoms with van der Waals surface area (Å²) in [6.45, 7) is 2.10. The summed E-state index contributed by atoms with van der Waals surface area (Å²) in [5, 5.41) is 3.20. The van der Waals surface area contributed by atoms with Crippen LogP contribution >= 0.6 is 0 Å². The fourth-order valence-electron chi connectivity index (χ4n) is 2.89. The Kier molecular flexibility index (Phi) is 2.54. The molecule has 0 aromatic carbocycles. The number of aromatic nitrogens is 2. The normalized spacial score (nSPS) is 16.8. The molecule has 0 aliphatic heterocycles. The SMILES string of the molecule is CNc1ccc2c(C)nc(C3CCCC3)n2c1. The smallest absolute Gasteiger partial charge is 0.116 e. The molecule has 1 aliphatic carbocycles. The van der Waals surface area contributed by atoms with Gasteiger partial charge in [0.15, 0.2) is 0 Å². The molecule has 0 unspecified atom stereocenters. The lowest BCUT2D eigenvalue weighted by molar-refractivity contribution is 0.664. The van der Waals surface area contributed by atoms with Crippen LogP contribution in [0.4, 0.5) is 5.69 Å². The summed E-state index contributed by atoms with van der Waals surface area (Å²) in [7, 11) is 1.96. The Morgan fingerprint density at radius 2 is 2.06 bits per heavy atom. The first kappa shape index (κ1) is 10.6. The summed E-state index contributed by atoms with van der Waals surface area (Å²) in [5.74, 6) is 1.91. The Hall–Kier alpha value is -1.51. The lowest BCUT2D eigenvalue weighted by Gasteiger charge is -2.09. The molecule has 3 heteroatoms. The largest absolute Gasteiger partial charge is 0.387 e. The maximum absolute atomic E-state index is 4.78. The molecule has 3 nitrogen and oxygen atoms in total. The van der Waals surface area contributed by atoms with Gasteiger partial charge >= 0.3 is 0 Å². The van der Waals surface area contributed by atoms with Crippen molar-refractivity contribution in [2.75, 3.05) is 12.4 Å². The molecule has 3 rings (SSSR count). The van der Waals surface area contributed by atoms with Crippen LogP contribution in [-0.2, 0) is 0 Å². The van der Waals surface area contributed by atoms with E-state index in [-0.39, 0.29) is 0 Å². The molecule has 0 amide bonds. The summed E-state index contributed by atoms with van der Waals surface area (Å²) in [6, 6.07) is 4.27. The van der Waals surface area contributed by atoms with Gasteiger partial charge in [0.25, 0.3) is 0 Å². The van der Waals surface area contributed by atoms with Crippen molar-refractivity contribution in [1.82, 2.24) is 9.38 Å². The van der Waals surface area contributed by atoms with Gasteiger partial charge in [-0.2, -0.15) is 0 Å². The van der Waals surface area contributed by atoms with Crippen molar-refractivity contribution in [2.45, 2.75) is 38.5 Å². The Morgan fingerprint density at radius 3 is 2.76 bits per heavy atom. The predicted octanol–water partition coefficient (Wildman–Crippen LogP) is 3.34. The van der Waals surface area contributed by atoms with Gasteiger partial charge in [-0.3, -0.25) is 0 Å². The van der Waals surface area contributed by atoms with Crippen LogP contribution < -0.4 is 5.32 Å². The van der Waals surface area contributed by atoms with Crippen molar-refractivity contribution in [1.29, 1.82) is 0 Å². The summed E-state index contributed by atoms with van der Waals surface area (Å²) in [4.78, 5) is 4.78. The van der Waals surface area contributed by atoms with Crippen LogP contribution in [0.1, 0.15) is 43.1 Å². The molecular formula is C14H19N3. The molecule has 0 atom stereocenters. The third kappa shape index (κ3) is 1.70. The predicted molar refractivity (Wildman–Crippen MR) is 70.7 cm³/mol. The van der Waals surface area contributed by atoms with Gasteiger partial charge < -0.3 is 9.72 Å². The number of anilines is 1. The highest BCUT2D eigenvalue weighted by Gasteiger charge is 2.22. The van der Waals surface area contributed by atoms with E-state index in [2.05, 4.69) is 35.0 Å². The van der Waals surface area contributed by atoms with Gasteiger partial charge in [0.05, 0.1) is 16.9 Å². The first-order valence-corrected chi connectivity index (χ1v) is 6.46. The third-order valence-corrected chi connectivity index (χ3v) is 3.86. The number of aryl methyl sites for hydroxylation is 1. The Morgan fingerprint density at radius 1 is 1.29 bits per heavy atom. The molecule has 0 saturated heterocycles. The van der Waals surface area contributed by atoms with E-state index >= 15 is 0 Å². The minimum atomic E-state index is 0.656. The van der Waals surface area contributed by atoms with Gasteiger partial charge in [0.1, 0.15) is 5.82 Å². The molecule has 1 N–H and O–H groups in total. The molecule has 0 bridgehead atoms. The molecule has 2 aromatic rings. The molecule has 0 spiro atoms. The Bertz CT molecular complexity index is 536. The molecule has 17 heavy (non-hydrogen) atoms. The highest BCUT2D eigenvalue weighted by Crippen LogP contribution is 2.34. The van der Waals surface area contributed by atoms with E-state index in [0.29, 0.717) is 5.92 Å². The molecule has 2 aromatic heterocycles. The van der Waals surface area contributed by atoms with Crippen molar-refractivity contribution in [3.63, 3.8) is 0 Å². The summed E-state index contributed by atoms with van der Waals surface area (Å²) < 4.78 is 2.27. The molecule has 1 fully saturated rings. The van der Waals surface area contributed by atoms with Crippen molar-refractivity contribution >= 4 is 11.2 Å². The van der Waals surface area contributed by atoms with Crippen molar-refractivity contribution < 1.29 is 0 Å². The Balaban J connectivity index is 2.16. The highest BCUT2D eigenvalue weighted by atomic mass is 15.0. The van der Waals surface area contributed by atoms with Gasteiger partial charge in [-0.05, 0) is 31.9 Å². The van der Waals surface area contributed by atoms with Gasteiger partial charge in [0.2, 0.25) is 0 Å². The van der Waals surface area contributed by atoms with Gasteiger partial charge in [0, 0.05) is 19.2 Å². The van der Waals surface area contributed by atoms with E-state index in [1.54, 1.807) is 0 Å². The maximum Gasteiger partial charge on any atom is 0.116 e. The topological polar surface area (TPSA) is 29.3 Å². The average molecular weight is 229 g/mol. The van der Waals surface area contributed by atoms with Crippen LogP contribution in [-0.4, -0.2) is 16.4 Å². The van der Waals surface area contributed by atoms with E-state index in [1.165, 1.54) is 37.0 Å². The van der Waals surface area contributed by atoms with E-state index < -0.39 is 0 Å². The first-order chi connectivity index (χ1) is 8.29. The molecule has 1 saturated carbocycles. The van der Waals surface area contributed by atoms with Crippen LogP contribution in [0.15, 0.2) is 18.3 Å². The Labute approximate surface area is 102 Å². The lowest BCUT2D eigenvalue weighted by atomic mass is 10.1. The standard InChI is InChI=1S/C14H19N3/c1-10-13-8-7-12(15-2)9-17(13)14(16-10)11-5-3-4-6-11/h7-9,11,15H,3-6H2,1-2H3. The third-order valence-electron chi connectivity index (χ3n) is 3.86. The molecule has 0 radical (unpaired) electrons. The number of nitrogens with one attached hydrogen (secondary N) is 1. The molecule has 1 aliphatic rings. The van der Waals surface area contributed by atoms with E-state index in [9.17, 15) is 0 Å². The number of pyridine rings is 1. The second-order valence-corrected chi connectivity index (χ2v) is 4.96. The second kappa shape index (κ2) is 4.06. The van der Waals surface area contributed by atoms with Crippen LogP contribution in [0.2, 0.25) is 0 Å². The number of hydrogen-bond acceptors (Lipinski definition) is 2. The lowest BCUT2D eigenvalue weighted by Crippen LogP contribution is -2.01. The molecular weight excluding hydrogens is 210 g/mol. The monoisotopic (exact) mass is 229 g/mol. The zero-order valence-corrected chi connectivity index (χ0v) is 10.5. The van der Waals surface area contributed by atoms with Crippen molar-refractivity contribution in [3.05, 3.63) is 29.8 Å². The first-order valence-electron chi connectivity index (χ1n) is 6.46. The van der Waals surface area contributed by atoms with Gasteiger partial charge in [-0.1, -0.05) is 12.8 Å². The van der Waals surface area contributed by atoms with E-state index in [4.69, 9.17) is 4.98 Å². The number of hydrogen-bond donors (Lipinski definition) is 1. The van der Waals surface area contributed by atoms with Gasteiger partial charge in [-0.25, -0.2) is 4.98 Å². The minimum absolute atomic E-state index is 0.656. The summed E-state index contributed by atoms with van der Waals surface area (Å²) in [5.41, 5.74) is 3.54. The second-order valence-electron chi connectivity index (χ2n) is 4.96. The molecule has 2 heterocycles. The van der Waals surface area contributed by atoms with E-state index in [0.717, 1.165) is 11.4 Å². The number of imidazole rings is 1. The highest BCUT2D eigenvalue weighted by molar-refractivity contribution is 5.58. The fraction of sp³-hybridized carbons (Fsp3) is 0.500. The summed E-state index contributed by atoms with van der Waals surface area (Å²) in [6.07, 6.45) is 7.46. The average Bonchev–Trinajstić information content (AvgIpc) is 2.97. The van der Waals surface area contributed by atoms with E-state index in [1.807, 2.05) is 7.05 Å². The molecule has 90 valence electrons. The quantitative estimate of drug-likeness (QED) is 0.855. The summed E-state index contributed by atoms with van der Waals surface area (Å²) >= 11 is 0. The minimum Gasteiger partial charge on any atom is -0.387 e. The van der Waals surface area contributed by atoms with Crippen LogP contribution in [0.3, 0.4) is 0 Å². The van der Waals surface area contributed by atoms with Crippen LogP contribution in [0.25, 0.3) is 5.52 Å². The van der Waals surface area contributed by atoms with Crippen LogP contribution in [0.5, 0.6) is 0 Å². The van der Waals surface area contributed by atoms with Gasteiger partial charge in [-0.15, -0.1) is 0 Å².